The lowest BCUT2D eigenvalue weighted by Gasteiger charge is -2.19. The summed E-state index contributed by atoms with van der Waals surface area (Å²) in [6.45, 7) is -0.288. The minimum Gasteiger partial charge on any atom is -0.358 e. The number of nitrogens with zero attached hydrogens (tertiary/aromatic N) is 4. The average molecular weight is 440 g/mol. The van der Waals surface area contributed by atoms with Gasteiger partial charge in [0.25, 0.3) is 5.91 Å². The highest BCUT2D eigenvalue weighted by molar-refractivity contribution is 7.89. The van der Waals surface area contributed by atoms with Crippen molar-refractivity contribution in [3.05, 3.63) is 72.1 Å². The number of rotatable bonds is 5. The van der Waals surface area contributed by atoms with Gasteiger partial charge in [-0.1, -0.05) is 12.1 Å². The molecule has 3 aromatic rings. The summed E-state index contributed by atoms with van der Waals surface area (Å²) in [6, 6.07) is 9.98. The summed E-state index contributed by atoms with van der Waals surface area (Å²) >= 11 is 0. The molecule has 2 N–H and O–H groups in total. The maximum atomic E-state index is 13.2. The van der Waals surface area contributed by atoms with E-state index in [1.807, 2.05) is 0 Å². The monoisotopic (exact) mass is 440 g/mol. The Morgan fingerprint density at radius 2 is 1.87 bits per heavy atom. The second kappa shape index (κ2) is 8.28. The van der Waals surface area contributed by atoms with Crippen molar-refractivity contribution in [1.82, 2.24) is 29.5 Å². The maximum absolute atomic E-state index is 13.2. The lowest BCUT2D eigenvalue weighted by Crippen LogP contribution is -2.39. The number of amides is 2. The number of imidazole rings is 1. The number of carbonyl (C=O) groups is 2. The highest BCUT2D eigenvalue weighted by atomic mass is 32.2. The zero-order valence-electron chi connectivity index (χ0n) is 16.6. The summed E-state index contributed by atoms with van der Waals surface area (Å²) in [7, 11) is -2.54. The van der Waals surface area contributed by atoms with E-state index in [4.69, 9.17) is 0 Å². The standard InChI is InChI=1S/C20H20N6O4S/c1-21-18(27)12-25-11-16-19(20(28)23-10-14-6-8-22-9-7-14)24-13-26(16)15-4-2-3-5-17(15)31(25,29)30/h2-9,13H,10-12H2,1H3,(H,21,27)(H,23,28). The van der Waals surface area contributed by atoms with Gasteiger partial charge in [-0.2, -0.15) is 4.31 Å². The molecule has 2 amide bonds. The average Bonchev–Trinajstić information content (AvgIpc) is 3.17. The number of nitrogens with one attached hydrogen (secondary N) is 2. The first-order valence-electron chi connectivity index (χ1n) is 9.45. The first-order chi connectivity index (χ1) is 14.9. The Labute approximate surface area is 179 Å². The quantitative estimate of drug-likeness (QED) is 0.593. The van der Waals surface area contributed by atoms with Crippen LogP contribution in [-0.4, -0.2) is 52.7 Å². The summed E-state index contributed by atoms with van der Waals surface area (Å²) in [5.41, 5.74) is 1.72. The summed E-state index contributed by atoms with van der Waals surface area (Å²) in [5, 5.41) is 5.23. The highest BCUT2D eigenvalue weighted by Crippen LogP contribution is 2.31. The molecule has 160 valence electrons. The van der Waals surface area contributed by atoms with Gasteiger partial charge in [0, 0.05) is 26.0 Å². The summed E-state index contributed by atoms with van der Waals surface area (Å²) < 4.78 is 29.1. The number of para-hydroxylation sites is 1. The molecule has 4 rings (SSSR count). The second-order valence-corrected chi connectivity index (χ2v) is 8.77. The molecule has 10 nitrogen and oxygen atoms in total. The molecule has 11 heteroatoms. The summed E-state index contributed by atoms with van der Waals surface area (Å²) in [6.07, 6.45) is 4.68. The smallest absolute Gasteiger partial charge is 0.272 e. The van der Waals surface area contributed by atoms with E-state index < -0.39 is 21.8 Å². The molecule has 0 saturated carbocycles. The number of likely N-dealkylation sites (N-methyl/N-ethyl adjacent to an activating group) is 1. The van der Waals surface area contributed by atoms with Gasteiger partial charge in [0.15, 0.2) is 5.69 Å². The molecule has 0 fully saturated rings. The van der Waals surface area contributed by atoms with Crippen molar-refractivity contribution in [2.45, 2.75) is 18.0 Å². The van der Waals surface area contributed by atoms with Crippen LogP contribution < -0.4 is 10.6 Å². The fraction of sp³-hybridized carbons (Fsp3) is 0.200. The number of benzene rings is 1. The van der Waals surface area contributed by atoms with Crippen LogP contribution in [0.3, 0.4) is 0 Å². The SMILES string of the molecule is CNC(=O)CN1Cc2c(C(=O)NCc3ccncc3)ncn2-c2ccccc2S1(=O)=O. The van der Waals surface area contributed by atoms with Crippen LogP contribution in [0.2, 0.25) is 0 Å². The van der Waals surface area contributed by atoms with Crippen molar-refractivity contribution in [3.8, 4) is 5.69 Å². The number of fused-ring (bicyclic) bond motifs is 3. The number of hydrogen-bond donors (Lipinski definition) is 2. The molecule has 1 aliphatic heterocycles. The molecule has 2 aromatic heterocycles. The van der Waals surface area contributed by atoms with E-state index in [2.05, 4.69) is 20.6 Å². The highest BCUT2D eigenvalue weighted by Gasteiger charge is 2.35. The van der Waals surface area contributed by atoms with Crippen LogP contribution in [0.5, 0.6) is 0 Å². The molecule has 1 aromatic carbocycles. The van der Waals surface area contributed by atoms with Crippen LogP contribution in [0.4, 0.5) is 0 Å². The molecule has 0 bridgehead atoms. The third-order valence-corrected chi connectivity index (χ3v) is 6.79. The van der Waals surface area contributed by atoms with Gasteiger partial charge < -0.3 is 10.6 Å². The zero-order chi connectivity index (χ0) is 22.0. The Kier molecular flexibility index (Phi) is 5.53. The van der Waals surface area contributed by atoms with E-state index in [0.29, 0.717) is 11.4 Å². The van der Waals surface area contributed by atoms with E-state index in [0.717, 1.165) is 9.87 Å². The van der Waals surface area contributed by atoms with E-state index in [-0.39, 0.29) is 30.2 Å². The number of hydrogen-bond acceptors (Lipinski definition) is 6. The molecule has 0 unspecified atom stereocenters. The zero-order valence-corrected chi connectivity index (χ0v) is 17.5. The number of carbonyl (C=O) groups excluding carboxylic acids is 2. The number of sulfonamides is 1. The van der Waals surface area contributed by atoms with Crippen molar-refractivity contribution in [2.24, 2.45) is 0 Å². The van der Waals surface area contributed by atoms with Crippen LogP contribution in [0.25, 0.3) is 5.69 Å². The Hall–Kier alpha value is -3.57. The van der Waals surface area contributed by atoms with Crippen molar-refractivity contribution in [3.63, 3.8) is 0 Å². The van der Waals surface area contributed by atoms with Gasteiger partial charge in [-0.05, 0) is 29.8 Å². The van der Waals surface area contributed by atoms with Crippen LogP contribution in [0, 0.1) is 0 Å². The van der Waals surface area contributed by atoms with Crippen LogP contribution in [0.1, 0.15) is 21.7 Å². The molecule has 0 saturated heterocycles. The fourth-order valence-electron chi connectivity index (χ4n) is 3.33. The first kappa shape index (κ1) is 20.7. The van der Waals surface area contributed by atoms with Gasteiger partial charge in [0.2, 0.25) is 15.9 Å². The molecule has 3 heterocycles. The lowest BCUT2D eigenvalue weighted by molar-refractivity contribution is -0.120. The second-order valence-electron chi connectivity index (χ2n) is 6.86. The van der Waals surface area contributed by atoms with Crippen LogP contribution in [-0.2, 0) is 27.9 Å². The van der Waals surface area contributed by atoms with Crippen molar-refractivity contribution < 1.29 is 18.0 Å². The van der Waals surface area contributed by atoms with Crippen molar-refractivity contribution in [2.75, 3.05) is 13.6 Å². The van der Waals surface area contributed by atoms with Gasteiger partial charge in [-0.15, -0.1) is 0 Å². The van der Waals surface area contributed by atoms with E-state index in [1.165, 1.54) is 19.4 Å². The summed E-state index contributed by atoms with van der Waals surface area (Å²) in [4.78, 5) is 33.1. The Bertz CT molecular complexity index is 1240. The number of aromatic nitrogens is 3. The van der Waals surface area contributed by atoms with Gasteiger partial charge >= 0.3 is 0 Å². The van der Waals surface area contributed by atoms with Crippen LogP contribution in [0.15, 0.2) is 60.0 Å². The molecule has 0 atom stereocenters. The molecule has 0 spiro atoms. The van der Waals surface area contributed by atoms with E-state index in [9.17, 15) is 18.0 Å². The first-order valence-corrected chi connectivity index (χ1v) is 10.9. The van der Waals surface area contributed by atoms with Crippen LogP contribution >= 0.6 is 0 Å². The van der Waals surface area contributed by atoms with E-state index in [1.54, 1.807) is 47.3 Å². The van der Waals surface area contributed by atoms with Crippen molar-refractivity contribution >= 4 is 21.8 Å². The van der Waals surface area contributed by atoms with E-state index >= 15 is 0 Å². The largest absolute Gasteiger partial charge is 0.358 e. The minimum absolute atomic E-state index is 0.0406. The number of pyridine rings is 1. The maximum Gasteiger partial charge on any atom is 0.272 e. The molecular weight excluding hydrogens is 420 g/mol. The molecule has 1 aliphatic rings. The Balaban J connectivity index is 1.73. The van der Waals surface area contributed by atoms with Gasteiger partial charge in [0.05, 0.1) is 24.5 Å². The third kappa shape index (κ3) is 3.92. The van der Waals surface area contributed by atoms with Gasteiger partial charge in [0.1, 0.15) is 11.2 Å². The fourth-order valence-corrected chi connectivity index (χ4v) is 4.87. The molecule has 0 aliphatic carbocycles. The molecule has 0 radical (unpaired) electrons. The Morgan fingerprint density at radius 1 is 1.13 bits per heavy atom. The predicted octanol–water partition coefficient (Wildman–Crippen LogP) is 0.448. The minimum atomic E-state index is -3.97. The molecular formula is C20H20N6O4S. The molecule has 31 heavy (non-hydrogen) atoms. The lowest BCUT2D eigenvalue weighted by atomic mass is 10.2. The normalized spacial score (nSPS) is 14.7. The summed E-state index contributed by atoms with van der Waals surface area (Å²) in [5.74, 6) is -0.903. The van der Waals surface area contributed by atoms with Crippen molar-refractivity contribution in [1.29, 1.82) is 0 Å². The Morgan fingerprint density at radius 3 is 2.61 bits per heavy atom. The van der Waals surface area contributed by atoms with Gasteiger partial charge in [-0.3, -0.25) is 19.1 Å². The van der Waals surface area contributed by atoms with Gasteiger partial charge in [-0.25, -0.2) is 13.4 Å². The predicted molar refractivity (Wildman–Crippen MR) is 111 cm³/mol. The topological polar surface area (TPSA) is 126 Å². The third-order valence-electron chi connectivity index (χ3n) is 4.95.